The number of carbonyl (C=O) groups is 2. The van der Waals surface area contributed by atoms with Crippen molar-refractivity contribution in [2.75, 3.05) is 16.0 Å². The number of nitrogens with zero attached hydrogens (tertiary/aromatic N) is 5. The van der Waals surface area contributed by atoms with Gasteiger partial charge in [0, 0.05) is 23.9 Å². The number of aromatic nitrogens is 3. The predicted octanol–water partition coefficient (Wildman–Crippen LogP) is 5.26. The first-order valence-electron chi connectivity index (χ1n) is 12.1. The summed E-state index contributed by atoms with van der Waals surface area (Å²) in [5.41, 5.74) is 9.22. The van der Waals surface area contributed by atoms with Crippen molar-refractivity contribution in [1.82, 2.24) is 15.2 Å². The second-order valence-corrected chi connectivity index (χ2v) is 12.5. The van der Waals surface area contributed by atoms with E-state index in [9.17, 15) is 14.9 Å². The topological polar surface area (TPSA) is 138 Å². The van der Waals surface area contributed by atoms with Gasteiger partial charge in [0.2, 0.25) is 11.0 Å². The van der Waals surface area contributed by atoms with Gasteiger partial charge in [0.15, 0.2) is 15.3 Å². The summed E-state index contributed by atoms with van der Waals surface area (Å²) >= 11 is 8.47. The van der Waals surface area contributed by atoms with Crippen molar-refractivity contribution in [2.24, 2.45) is 11.1 Å². The smallest absolute Gasteiger partial charge is 0.234 e. The molecule has 2 aliphatic rings. The molecule has 0 bridgehead atoms. The average Bonchev–Trinajstić information content (AvgIpc) is 3.36. The second kappa shape index (κ2) is 10.8. The minimum Gasteiger partial charge on any atom is -0.384 e. The van der Waals surface area contributed by atoms with Crippen LogP contribution in [0.4, 0.5) is 10.8 Å². The molecule has 2 aromatic heterocycles. The van der Waals surface area contributed by atoms with E-state index in [2.05, 4.69) is 26.6 Å². The SMILES string of the molecule is CC1(C)CC(=O)C2=C(C1)N(c1nnc(SCC(=O)Nc3cccnc3Cl)s1)C(N)=C(C#N)C2c1ccccc1. The van der Waals surface area contributed by atoms with E-state index >= 15 is 0 Å². The first kappa shape index (κ1) is 26.9. The normalized spacial score (nSPS) is 18.6. The third-order valence-corrected chi connectivity index (χ3v) is 8.80. The van der Waals surface area contributed by atoms with Crippen LogP contribution in [0.1, 0.15) is 38.2 Å². The lowest BCUT2D eigenvalue weighted by Crippen LogP contribution is -2.42. The first-order chi connectivity index (χ1) is 18.7. The van der Waals surface area contributed by atoms with Gasteiger partial charge in [0.1, 0.15) is 5.82 Å². The Morgan fingerprint density at radius 3 is 2.74 bits per heavy atom. The Morgan fingerprint density at radius 1 is 1.26 bits per heavy atom. The lowest BCUT2D eigenvalue weighted by Gasteiger charge is -2.42. The molecule has 1 amide bonds. The van der Waals surface area contributed by atoms with Crippen LogP contribution in [0.5, 0.6) is 0 Å². The van der Waals surface area contributed by atoms with E-state index < -0.39 is 5.92 Å². The number of hydrogen-bond donors (Lipinski definition) is 2. The lowest BCUT2D eigenvalue weighted by atomic mass is 9.69. The lowest BCUT2D eigenvalue weighted by molar-refractivity contribution is -0.118. The zero-order chi connectivity index (χ0) is 27.7. The number of nitrogens with two attached hydrogens (primary N) is 1. The number of thioether (sulfide) groups is 1. The van der Waals surface area contributed by atoms with E-state index in [1.807, 2.05) is 44.2 Å². The third-order valence-electron chi connectivity index (χ3n) is 6.46. The number of rotatable bonds is 6. The molecule has 12 heteroatoms. The van der Waals surface area contributed by atoms with Crippen LogP contribution in [0.3, 0.4) is 0 Å². The number of halogens is 1. The molecule has 3 aromatic rings. The van der Waals surface area contributed by atoms with Gasteiger partial charge in [-0.15, -0.1) is 10.2 Å². The van der Waals surface area contributed by atoms with Crippen LogP contribution in [-0.4, -0.2) is 32.6 Å². The summed E-state index contributed by atoms with van der Waals surface area (Å²) in [5, 5.41) is 22.1. The van der Waals surface area contributed by atoms with Gasteiger partial charge in [0.05, 0.1) is 29.0 Å². The van der Waals surface area contributed by atoms with Crippen molar-refractivity contribution < 1.29 is 9.59 Å². The van der Waals surface area contributed by atoms with E-state index in [1.165, 1.54) is 29.3 Å². The quantitative estimate of drug-likeness (QED) is 0.297. The number of benzene rings is 1. The fourth-order valence-corrected chi connectivity index (χ4v) is 6.70. The Hall–Kier alpha value is -3.72. The number of carbonyl (C=O) groups excluding carboxylic acids is 2. The van der Waals surface area contributed by atoms with E-state index in [0.29, 0.717) is 39.1 Å². The molecule has 1 atom stereocenters. The van der Waals surface area contributed by atoms with E-state index in [4.69, 9.17) is 17.3 Å². The Labute approximate surface area is 238 Å². The molecule has 0 saturated carbocycles. The van der Waals surface area contributed by atoms with Crippen LogP contribution >= 0.6 is 34.7 Å². The van der Waals surface area contributed by atoms with Gasteiger partial charge in [-0.25, -0.2) is 4.98 Å². The van der Waals surface area contributed by atoms with E-state index in [-0.39, 0.29) is 33.8 Å². The molecule has 198 valence electrons. The molecule has 3 N–H and O–H groups in total. The van der Waals surface area contributed by atoms with Crippen LogP contribution < -0.4 is 16.0 Å². The van der Waals surface area contributed by atoms with Crippen molar-refractivity contribution in [3.8, 4) is 6.07 Å². The molecule has 9 nitrogen and oxygen atoms in total. The van der Waals surface area contributed by atoms with Crippen molar-refractivity contribution in [3.63, 3.8) is 0 Å². The summed E-state index contributed by atoms with van der Waals surface area (Å²) in [4.78, 5) is 31.7. The van der Waals surface area contributed by atoms with E-state index in [1.54, 1.807) is 17.0 Å². The Kier molecular flexibility index (Phi) is 7.44. The number of anilines is 2. The van der Waals surface area contributed by atoms with Crippen molar-refractivity contribution in [2.45, 2.75) is 36.9 Å². The number of Topliss-reactive ketones (excluding diaryl/α,β-unsaturated/α-hetero) is 1. The first-order valence-corrected chi connectivity index (χ1v) is 14.2. The Bertz CT molecular complexity index is 1560. The van der Waals surface area contributed by atoms with Gasteiger partial charge in [0.25, 0.3) is 0 Å². The molecule has 1 aliphatic heterocycles. The number of nitriles is 1. The van der Waals surface area contributed by atoms with Gasteiger partial charge in [-0.2, -0.15) is 5.26 Å². The molecule has 1 aromatic carbocycles. The molecule has 5 rings (SSSR count). The maximum Gasteiger partial charge on any atom is 0.234 e. The molecule has 39 heavy (non-hydrogen) atoms. The zero-order valence-electron chi connectivity index (χ0n) is 21.1. The fraction of sp³-hybridized carbons (Fsp3) is 0.259. The number of allylic oxidation sites excluding steroid dienone is 3. The van der Waals surface area contributed by atoms with Gasteiger partial charge in [-0.3, -0.25) is 14.5 Å². The summed E-state index contributed by atoms with van der Waals surface area (Å²) < 4.78 is 0.539. The average molecular weight is 578 g/mol. The number of hydrogen-bond acceptors (Lipinski definition) is 10. The summed E-state index contributed by atoms with van der Waals surface area (Å²) in [6.07, 6.45) is 2.49. The van der Waals surface area contributed by atoms with Crippen LogP contribution in [0.15, 0.2) is 75.7 Å². The standard InChI is InChI=1S/C27H24ClN7O2S2/c1-27(2)11-18-22(19(36)12-27)21(15-7-4-3-5-8-15)16(13-29)24(30)35(18)25-33-34-26(39-25)38-14-20(37)32-17-9-6-10-31-23(17)28/h3-10,21H,11-12,14,30H2,1-2H3,(H,32,37). The molecule has 0 fully saturated rings. The molecule has 0 radical (unpaired) electrons. The zero-order valence-corrected chi connectivity index (χ0v) is 23.5. The van der Waals surface area contributed by atoms with Crippen LogP contribution in [-0.2, 0) is 9.59 Å². The minimum absolute atomic E-state index is 0.00907. The summed E-state index contributed by atoms with van der Waals surface area (Å²) in [7, 11) is 0. The van der Waals surface area contributed by atoms with Crippen molar-refractivity contribution >= 4 is 57.2 Å². The van der Waals surface area contributed by atoms with Gasteiger partial charge in [-0.05, 0) is 29.5 Å². The van der Waals surface area contributed by atoms with Crippen LogP contribution in [0, 0.1) is 16.7 Å². The highest BCUT2D eigenvalue weighted by molar-refractivity contribution is 8.01. The molecular formula is C27H24ClN7O2S2. The minimum atomic E-state index is -0.546. The van der Waals surface area contributed by atoms with Crippen molar-refractivity contribution in [3.05, 3.63) is 82.0 Å². The molecule has 3 heterocycles. The van der Waals surface area contributed by atoms with Crippen LogP contribution in [0.25, 0.3) is 0 Å². The molecule has 1 unspecified atom stereocenters. The number of nitrogens with one attached hydrogen (secondary N) is 1. The molecule has 1 aliphatic carbocycles. The number of ketones is 1. The number of pyridine rings is 1. The summed E-state index contributed by atoms with van der Waals surface area (Å²) in [5.74, 6) is -0.524. The molecule has 0 saturated heterocycles. The van der Waals surface area contributed by atoms with Gasteiger partial charge >= 0.3 is 0 Å². The largest absolute Gasteiger partial charge is 0.384 e. The monoisotopic (exact) mass is 577 g/mol. The molecular weight excluding hydrogens is 554 g/mol. The highest BCUT2D eigenvalue weighted by atomic mass is 35.5. The highest BCUT2D eigenvalue weighted by Crippen LogP contribution is 2.50. The molecule has 0 spiro atoms. The Balaban J connectivity index is 1.46. The second-order valence-electron chi connectivity index (χ2n) is 9.92. The summed E-state index contributed by atoms with van der Waals surface area (Å²) in [6, 6.07) is 15.1. The van der Waals surface area contributed by atoms with Crippen molar-refractivity contribution in [1.29, 1.82) is 5.26 Å². The van der Waals surface area contributed by atoms with Gasteiger partial charge < -0.3 is 11.1 Å². The maximum absolute atomic E-state index is 13.6. The highest BCUT2D eigenvalue weighted by Gasteiger charge is 2.45. The van der Waals surface area contributed by atoms with Gasteiger partial charge in [-0.1, -0.05) is 78.9 Å². The van der Waals surface area contributed by atoms with E-state index in [0.717, 1.165) is 11.3 Å². The maximum atomic E-state index is 13.6. The summed E-state index contributed by atoms with van der Waals surface area (Å²) in [6.45, 7) is 4.08. The predicted molar refractivity (Wildman–Crippen MR) is 152 cm³/mol. The fourth-order valence-electron chi connectivity index (χ4n) is 4.85. The Morgan fingerprint density at radius 2 is 2.03 bits per heavy atom. The van der Waals surface area contributed by atoms with Crippen LogP contribution in [0.2, 0.25) is 5.15 Å². The number of amides is 1. The third kappa shape index (κ3) is 5.41.